The van der Waals surface area contributed by atoms with Crippen molar-refractivity contribution < 1.29 is 9.53 Å². The molecule has 1 heterocycles. The zero-order valence-corrected chi connectivity index (χ0v) is 12.0. The number of unbranched alkanes of at least 4 members (excludes halogenated alkanes) is 2. The van der Waals surface area contributed by atoms with Crippen molar-refractivity contribution in [3.8, 4) is 6.07 Å². The first kappa shape index (κ1) is 14.6. The van der Waals surface area contributed by atoms with Crippen LogP contribution in [0.25, 0.3) is 0 Å². The fourth-order valence-electron chi connectivity index (χ4n) is 2.68. The van der Waals surface area contributed by atoms with Gasteiger partial charge in [-0.3, -0.25) is 4.79 Å². The van der Waals surface area contributed by atoms with Crippen molar-refractivity contribution in [3.05, 3.63) is 35.4 Å². The molecule has 0 saturated carbocycles. The average molecular weight is 271 g/mol. The van der Waals surface area contributed by atoms with E-state index in [9.17, 15) is 4.79 Å². The van der Waals surface area contributed by atoms with E-state index >= 15 is 0 Å². The van der Waals surface area contributed by atoms with Crippen LogP contribution < -0.4 is 0 Å². The number of cyclic esters (lactones) is 1. The van der Waals surface area contributed by atoms with Gasteiger partial charge in [-0.05, 0) is 37.0 Å². The molecule has 0 amide bonds. The van der Waals surface area contributed by atoms with Gasteiger partial charge in [0.05, 0.1) is 17.6 Å². The maximum Gasteiger partial charge on any atom is 0.309 e. The maximum absolute atomic E-state index is 12.0. The van der Waals surface area contributed by atoms with Gasteiger partial charge < -0.3 is 4.74 Å². The van der Waals surface area contributed by atoms with Crippen LogP contribution in [0.2, 0.25) is 0 Å². The van der Waals surface area contributed by atoms with Crippen LogP contribution >= 0.6 is 0 Å². The van der Waals surface area contributed by atoms with Crippen molar-refractivity contribution >= 4 is 5.97 Å². The third-order valence-corrected chi connectivity index (χ3v) is 3.94. The monoisotopic (exact) mass is 271 g/mol. The van der Waals surface area contributed by atoms with E-state index < -0.39 is 0 Å². The molecule has 3 nitrogen and oxygen atoms in total. The normalized spacial score (nSPS) is 22.1. The van der Waals surface area contributed by atoms with Crippen molar-refractivity contribution in [3.63, 3.8) is 0 Å². The molecule has 1 saturated heterocycles. The van der Waals surface area contributed by atoms with Crippen LogP contribution in [0.1, 0.15) is 62.7 Å². The Morgan fingerprint density at radius 3 is 2.60 bits per heavy atom. The number of benzene rings is 1. The minimum atomic E-state index is -0.141. The second-order valence-corrected chi connectivity index (χ2v) is 5.43. The average Bonchev–Trinajstić information content (AvgIpc) is 2.49. The number of esters is 1. The summed E-state index contributed by atoms with van der Waals surface area (Å²) in [5.41, 5.74) is 1.62. The molecule has 3 heteroatoms. The summed E-state index contributed by atoms with van der Waals surface area (Å²) in [6.45, 7) is 2.17. The molecule has 0 N–H and O–H groups in total. The Kier molecular flexibility index (Phi) is 5.17. The van der Waals surface area contributed by atoms with E-state index in [4.69, 9.17) is 10.00 Å². The number of rotatable bonds is 5. The molecule has 2 atom stereocenters. The lowest BCUT2D eigenvalue weighted by atomic mass is 9.90. The lowest BCUT2D eigenvalue weighted by molar-refractivity contribution is -0.161. The van der Waals surface area contributed by atoms with Crippen LogP contribution in [0, 0.1) is 17.2 Å². The Labute approximate surface area is 120 Å². The highest BCUT2D eigenvalue weighted by atomic mass is 16.5. The predicted molar refractivity (Wildman–Crippen MR) is 76.9 cm³/mol. The fraction of sp³-hybridized carbons (Fsp3) is 0.529. The van der Waals surface area contributed by atoms with Crippen molar-refractivity contribution in [2.24, 2.45) is 5.92 Å². The summed E-state index contributed by atoms with van der Waals surface area (Å²) in [7, 11) is 0. The topological polar surface area (TPSA) is 50.1 Å². The third-order valence-electron chi connectivity index (χ3n) is 3.94. The van der Waals surface area contributed by atoms with Crippen molar-refractivity contribution in [1.82, 2.24) is 0 Å². The highest BCUT2D eigenvalue weighted by molar-refractivity contribution is 5.73. The second kappa shape index (κ2) is 7.09. The van der Waals surface area contributed by atoms with E-state index in [1.807, 2.05) is 12.1 Å². The van der Waals surface area contributed by atoms with Gasteiger partial charge in [-0.1, -0.05) is 38.3 Å². The molecule has 1 fully saturated rings. The lowest BCUT2D eigenvalue weighted by Gasteiger charge is -2.28. The number of hydrogen-bond donors (Lipinski definition) is 0. The van der Waals surface area contributed by atoms with Crippen LogP contribution in [0.15, 0.2) is 24.3 Å². The summed E-state index contributed by atoms with van der Waals surface area (Å²) in [5.74, 6) is 0.0258. The highest BCUT2D eigenvalue weighted by Crippen LogP contribution is 2.33. The molecule has 0 spiro atoms. The minimum Gasteiger partial charge on any atom is -0.457 e. The van der Waals surface area contributed by atoms with Crippen molar-refractivity contribution in [2.45, 2.75) is 51.6 Å². The molecule has 106 valence electrons. The Morgan fingerprint density at radius 2 is 2.00 bits per heavy atom. The largest absolute Gasteiger partial charge is 0.457 e. The van der Waals surface area contributed by atoms with Gasteiger partial charge in [-0.15, -0.1) is 0 Å². The first-order valence-corrected chi connectivity index (χ1v) is 7.45. The molecule has 1 aromatic carbocycles. The Morgan fingerprint density at radius 1 is 1.25 bits per heavy atom. The Balaban J connectivity index is 1.91. The summed E-state index contributed by atoms with van der Waals surface area (Å²) in [6.07, 6.45) is 6.07. The molecule has 0 aliphatic carbocycles. The molecule has 2 rings (SSSR count). The van der Waals surface area contributed by atoms with Gasteiger partial charge in [0, 0.05) is 0 Å². The van der Waals surface area contributed by atoms with Crippen LogP contribution in [0.5, 0.6) is 0 Å². The minimum absolute atomic E-state index is 0.0540. The first-order valence-electron chi connectivity index (χ1n) is 7.45. The number of ether oxygens (including phenoxy) is 1. The quantitative estimate of drug-likeness (QED) is 0.597. The van der Waals surface area contributed by atoms with E-state index in [0.717, 1.165) is 31.2 Å². The summed E-state index contributed by atoms with van der Waals surface area (Å²) in [5, 5.41) is 8.78. The predicted octanol–water partition coefficient (Wildman–Crippen LogP) is 4.13. The van der Waals surface area contributed by atoms with Crippen LogP contribution in [-0.2, 0) is 9.53 Å². The first-order chi connectivity index (χ1) is 9.74. The van der Waals surface area contributed by atoms with Gasteiger partial charge in [-0.2, -0.15) is 5.26 Å². The van der Waals surface area contributed by atoms with Crippen LogP contribution in [0.3, 0.4) is 0 Å². The van der Waals surface area contributed by atoms with Crippen molar-refractivity contribution in [2.75, 3.05) is 0 Å². The fourth-order valence-corrected chi connectivity index (χ4v) is 2.68. The maximum atomic E-state index is 12.0. The van der Waals surface area contributed by atoms with Gasteiger partial charge in [0.25, 0.3) is 0 Å². The van der Waals surface area contributed by atoms with E-state index in [1.54, 1.807) is 12.1 Å². The Hall–Kier alpha value is -1.82. The van der Waals surface area contributed by atoms with Gasteiger partial charge in [0.1, 0.15) is 6.10 Å². The van der Waals surface area contributed by atoms with Gasteiger partial charge in [0.2, 0.25) is 0 Å². The highest BCUT2D eigenvalue weighted by Gasteiger charge is 2.30. The number of carbonyl (C=O) groups excluding carboxylic acids is 1. The molecular formula is C17H21NO2. The second-order valence-electron chi connectivity index (χ2n) is 5.43. The molecule has 20 heavy (non-hydrogen) atoms. The van der Waals surface area contributed by atoms with Gasteiger partial charge in [-0.25, -0.2) is 0 Å². The summed E-state index contributed by atoms with van der Waals surface area (Å²) >= 11 is 0. The van der Waals surface area contributed by atoms with Gasteiger partial charge >= 0.3 is 5.97 Å². The Bertz CT molecular complexity index is 487. The zero-order chi connectivity index (χ0) is 14.4. The number of hydrogen-bond acceptors (Lipinski definition) is 3. The van der Waals surface area contributed by atoms with E-state index in [2.05, 4.69) is 13.0 Å². The SMILES string of the molecule is CCCCCC1CCC(c2ccc(C#N)cc2)OC1=O. The van der Waals surface area contributed by atoms with Crippen LogP contribution in [0.4, 0.5) is 0 Å². The molecule has 0 radical (unpaired) electrons. The number of nitriles is 1. The smallest absolute Gasteiger partial charge is 0.309 e. The molecule has 2 unspecified atom stereocenters. The van der Waals surface area contributed by atoms with Crippen LogP contribution in [-0.4, -0.2) is 5.97 Å². The standard InChI is InChI=1S/C17H21NO2/c1-2-3-4-5-15-10-11-16(20-17(15)19)14-8-6-13(12-18)7-9-14/h6-9,15-16H,2-5,10-11H2,1H3. The third kappa shape index (κ3) is 3.60. The molecule has 1 aliphatic heterocycles. The summed E-state index contributed by atoms with van der Waals surface area (Å²) < 4.78 is 5.57. The van der Waals surface area contributed by atoms with Crippen molar-refractivity contribution in [1.29, 1.82) is 5.26 Å². The molecular weight excluding hydrogens is 250 g/mol. The lowest BCUT2D eigenvalue weighted by Crippen LogP contribution is -2.26. The molecule has 0 bridgehead atoms. The number of nitrogens with zero attached hydrogens (tertiary/aromatic N) is 1. The van der Waals surface area contributed by atoms with E-state index in [1.165, 1.54) is 12.8 Å². The zero-order valence-electron chi connectivity index (χ0n) is 12.0. The summed E-state index contributed by atoms with van der Waals surface area (Å²) in [6, 6.07) is 9.41. The molecule has 1 aromatic rings. The molecule has 0 aromatic heterocycles. The van der Waals surface area contributed by atoms with E-state index in [0.29, 0.717) is 5.56 Å². The number of carbonyl (C=O) groups is 1. The van der Waals surface area contributed by atoms with Gasteiger partial charge in [0.15, 0.2) is 0 Å². The summed E-state index contributed by atoms with van der Waals surface area (Å²) in [4.78, 5) is 12.0. The molecule has 1 aliphatic rings. The van der Waals surface area contributed by atoms with E-state index in [-0.39, 0.29) is 18.0 Å².